The summed E-state index contributed by atoms with van der Waals surface area (Å²) in [5.74, 6) is 5.61. The molecule has 0 aromatic heterocycles. The van der Waals surface area contributed by atoms with E-state index in [1.54, 1.807) is 0 Å². The maximum absolute atomic E-state index is 6.10. The minimum Gasteiger partial charge on any atom is -0.494 e. The predicted octanol–water partition coefficient (Wildman–Crippen LogP) is 9.22. The summed E-state index contributed by atoms with van der Waals surface area (Å²) in [6, 6.07) is 8.34. The Bertz CT molecular complexity index is 587. The van der Waals surface area contributed by atoms with Crippen LogP contribution in [-0.2, 0) is 0 Å². The largest absolute Gasteiger partial charge is 0.494 e. The van der Waals surface area contributed by atoms with Gasteiger partial charge >= 0.3 is 0 Å². The van der Waals surface area contributed by atoms with Crippen LogP contribution in [0.25, 0.3) is 0 Å². The fraction of sp³-hybridized carbons (Fsp3) is 0.800. The lowest BCUT2D eigenvalue weighted by Crippen LogP contribution is -2.20. The molecule has 0 N–H and O–H groups in total. The number of unbranched alkanes of at least 4 members (excludes halogenated alkanes) is 2. The van der Waals surface area contributed by atoms with Crippen LogP contribution >= 0.6 is 0 Å². The van der Waals surface area contributed by atoms with E-state index >= 15 is 0 Å². The third kappa shape index (κ3) is 8.99. The number of hydrogen-bond donors (Lipinski definition) is 0. The van der Waals surface area contributed by atoms with Gasteiger partial charge in [-0.15, -0.1) is 0 Å². The Labute approximate surface area is 198 Å². The second-order valence-electron chi connectivity index (χ2n) is 10.7. The Morgan fingerprint density at radius 1 is 0.625 bits per heavy atom. The molecule has 0 radical (unpaired) electrons. The molecule has 32 heavy (non-hydrogen) atoms. The smallest absolute Gasteiger partial charge is 0.119 e. The lowest BCUT2D eigenvalue weighted by Gasteiger charge is -2.31. The van der Waals surface area contributed by atoms with Gasteiger partial charge in [0.1, 0.15) is 11.5 Å². The van der Waals surface area contributed by atoms with Gasteiger partial charge in [-0.1, -0.05) is 90.9 Å². The maximum Gasteiger partial charge on any atom is 0.119 e. The molecule has 0 bridgehead atoms. The normalized spacial score (nSPS) is 26.1. The van der Waals surface area contributed by atoms with E-state index in [9.17, 15) is 0 Å². The van der Waals surface area contributed by atoms with Gasteiger partial charge in [0.2, 0.25) is 0 Å². The Morgan fingerprint density at radius 2 is 1.22 bits per heavy atom. The molecule has 0 aliphatic heterocycles. The molecule has 2 heteroatoms. The van der Waals surface area contributed by atoms with Gasteiger partial charge in [-0.25, -0.2) is 0 Å². The standard InChI is InChI=1S/C30H50O2/c1-3-5-6-11-27-12-7-8-13-28(27)14-9-23-31-29-19-21-30(22-20-29)32-24-26-17-15-25(10-4-2)16-18-26/h19-22,25-28H,3-18,23-24H2,1-2H3. The average molecular weight is 443 g/mol. The lowest BCUT2D eigenvalue weighted by molar-refractivity contribution is 0.178. The average Bonchev–Trinajstić information content (AvgIpc) is 2.83. The van der Waals surface area contributed by atoms with E-state index in [2.05, 4.69) is 38.1 Å². The van der Waals surface area contributed by atoms with Crippen LogP contribution in [-0.4, -0.2) is 13.2 Å². The molecule has 2 aliphatic rings. The maximum atomic E-state index is 6.10. The fourth-order valence-electron chi connectivity index (χ4n) is 6.18. The van der Waals surface area contributed by atoms with E-state index in [0.717, 1.165) is 48.4 Å². The summed E-state index contributed by atoms with van der Waals surface area (Å²) in [4.78, 5) is 0. The molecule has 2 atom stereocenters. The summed E-state index contributed by atoms with van der Waals surface area (Å²) >= 11 is 0. The van der Waals surface area contributed by atoms with Gasteiger partial charge in [0.15, 0.2) is 0 Å². The Hall–Kier alpha value is -1.18. The Balaban J connectivity index is 1.29. The van der Waals surface area contributed by atoms with Crippen molar-refractivity contribution in [2.75, 3.05) is 13.2 Å². The predicted molar refractivity (Wildman–Crippen MR) is 137 cm³/mol. The van der Waals surface area contributed by atoms with Gasteiger partial charge in [-0.2, -0.15) is 0 Å². The highest BCUT2D eigenvalue weighted by molar-refractivity contribution is 5.31. The van der Waals surface area contributed by atoms with Crippen molar-refractivity contribution in [2.24, 2.45) is 23.7 Å². The third-order valence-electron chi connectivity index (χ3n) is 8.21. The highest BCUT2D eigenvalue weighted by atomic mass is 16.5. The van der Waals surface area contributed by atoms with Gasteiger partial charge in [0.25, 0.3) is 0 Å². The van der Waals surface area contributed by atoms with Crippen LogP contribution in [0, 0.1) is 23.7 Å². The topological polar surface area (TPSA) is 18.5 Å². The molecule has 182 valence electrons. The van der Waals surface area contributed by atoms with E-state index in [1.165, 1.54) is 103 Å². The number of rotatable bonds is 14. The molecule has 0 heterocycles. The molecular formula is C30H50O2. The molecule has 0 spiro atoms. The van der Waals surface area contributed by atoms with Crippen molar-refractivity contribution >= 4 is 0 Å². The van der Waals surface area contributed by atoms with Crippen LogP contribution in [0.3, 0.4) is 0 Å². The second kappa shape index (κ2) is 14.9. The van der Waals surface area contributed by atoms with Crippen molar-refractivity contribution < 1.29 is 9.47 Å². The van der Waals surface area contributed by atoms with Crippen LogP contribution in [0.1, 0.15) is 117 Å². The zero-order valence-electron chi connectivity index (χ0n) is 21.2. The van der Waals surface area contributed by atoms with Crippen LogP contribution in [0.4, 0.5) is 0 Å². The van der Waals surface area contributed by atoms with Crippen molar-refractivity contribution in [3.63, 3.8) is 0 Å². The summed E-state index contributed by atoms with van der Waals surface area (Å²) in [5.41, 5.74) is 0. The van der Waals surface area contributed by atoms with E-state index in [0.29, 0.717) is 0 Å². The van der Waals surface area contributed by atoms with Crippen molar-refractivity contribution in [2.45, 2.75) is 117 Å². The van der Waals surface area contributed by atoms with Gasteiger partial charge in [0.05, 0.1) is 13.2 Å². The molecule has 2 unspecified atom stereocenters. The molecule has 2 fully saturated rings. The molecule has 0 saturated heterocycles. The van der Waals surface area contributed by atoms with Crippen molar-refractivity contribution in [3.8, 4) is 11.5 Å². The van der Waals surface area contributed by atoms with E-state index in [-0.39, 0.29) is 0 Å². The van der Waals surface area contributed by atoms with Crippen LogP contribution in [0.15, 0.2) is 24.3 Å². The zero-order valence-corrected chi connectivity index (χ0v) is 21.2. The molecule has 3 rings (SSSR count). The SMILES string of the molecule is CCCCCC1CCCCC1CCCOc1ccc(OCC2CCC(CCC)CC2)cc1. The van der Waals surface area contributed by atoms with Crippen molar-refractivity contribution in [3.05, 3.63) is 24.3 Å². The summed E-state index contributed by atoms with van der Waals surface area (Å²) in [5, 5.41) is 0. The first-order chi connectivity index (χ1) is 15.8. The Morgan fingerprint density at radius 3 is 1.84 bits per heavy atom. The van der Waals surface area contributed by atoms with Crippen LogP contribution < -0.4 is 9.47 Å². The van der Waals surface area contributed by atoms with Crippen LogP contribution in [0.5, 0.6) is 11.5 Å². The summed E-state index contributed by atoms with van der Waals surface area (Å²) in [7, 11) is 0. The monoisotopic (exact) mass is 442 g/mol. The first-order valence-corrected chi connectivity index (χ1v) is 14.1. The van der Waals surface area contributed by atoms with E-state index in [4.69, 9.17) is 9.47 Å². The first-order valence-electron chi connectivity index (χ1n) is 14.1. The minimum absolute atomic E-state index is 0.740. The lowest BCUT2D eigenvalue weighted by atomic mass is 9.74. The Kier molecular flexibility index (Phi) is 11.8. The highest BCUT2D eigenvalue weighted by Gasteiger charge is 2.24. The minimum atomic E-state index is 0.740. The van der Waals surface area contributed by atoms with Gasteiger partial charge in [0, 0.05) is 0 Å². The number of hydrogen-bond acceptors (Lipinski definition) is 2. The third-order valence-corrected chi connectivity index (χ3v) is 8.21. The van der Waals surface area contributed by atoms with Crippen LogP contribution in [0.2, 0.25) is 0 Å². The summed E-state index contributed by atoms with van der Waals surface area (Å²) < 4.78 is 12.2. The van der Waals surface area contributed by atoms with E-state index < -0.39 is 0 Å². The fourth-order valence-corrected chi connectivity index (χ4v) is 6.18. The molecule has 2 saturated carbocycles. The summed E-state index contributed by atoms with van der Waals surface area (Å²) in [6.07, 6.45) is 22.2. The van der Waals surface area contributed by atoms with Gasteiger partial charge < -0.3 is 9.47 Å². The molecule has 0 amide bonds. The first kappa shape index (κ1) is 25.4. The van der Waals surface area contributed by atoms with Gasteiger partial charge in [-0.3, -0.25) is 0 Å². The van der Waals surface area contributed by atoms with Crippen molar-refractivity contribution in [1.82, 2.24) is 0 Å². The van der Waals surface area contributed by atoms with Crippen molar-refractivity contribution in [1.29, 1.82) is 0 Å². The second-order valence-corrected chi connectivity index (χ2v) is 10.7. The summed E-state index contributed by atoms with van der Waals surface area (Å²) in [6.45, 7) is 6.34. The highest BCUT2D eigenvalue weighted by Crippen LogP contribution is 2.36. The molecule has 2 aliphatic carbocycles. The zero-order chi connectivity index (χ0) is 22.4. The van der Waals surface area contributed by atoms with Gasteiger partial charge in [-0.05, 0) is 73.6 Å². The molecular weight excluding hydrogens is 392 g/mol. The van der Waals surface area contributed by atoms with E-state index in [1.807, 2.05) is 0 Å². The molecule has 2 nitrogen and oxygen atoms in total. The molecule has 1 aromatic carbocycles. The number of ether oxygens (including phenoxy) is 2. The number of benzene rings is 1. The molecule has 1 aromatic rings. The quantitative estimate of drug-likeness (QED) is 0.267.